The third-order valence-electron chi connectivity index (χ3n) is 3.02. The maximum absolute atomic E-state index is 12.8. The lowest BCUT2D eigenvalue weighted by Gasteiger charge is -2.07. The van der Waals surface area contributed by atoms with E-state index in [4.69, 9.17) is 0 Å². The summed E-state index contributed by atoms with van der Waals surface area (Å²) < 4.78 is 38.3. The number of carbonyl (C=O) groups excluding carboxylic acids is 1. The van der Waals surface area contributed by atoms with Gasteiger partial charge >= 0.3 is 6.18 Å². The van der Waals surface area contributed by atoms with Crippen molar-refractivity contribution in [3.05, 3.63) is 52.0 Å². The molecule has 124 valence electrons. The van der Waals surface area contributed by atoms with Gasteiger partial charge in [-0.15, -0.1) is 22.7 Å². The minimum absolute atomic E-state index is 0.139. The number of halogens is 3. The molecule has 0 aliphatic rings. The van der Waals surface area contributed by atoms with Crippen molar-refractivity contribution in [3.8, 4) is 10.6 Å². The highest BCUT2D eigenvalue weighted by atomic mass is 32.1. The number of thiazole rings is 2. The second-order valence-electron chi connectivity index (χ2n) is 4.85. The van der Waals surface area contributed by atoms with Gasteiger partial charge in [0.05, 0.1) is 5.56 Å². The van der Waals surface area contributed by atoms with Crippen molar-refractivity contribution in [3.63, 3.8) is 0 Å². The Kier molecular flexibility index (Phi) is 4.37. The molecule has 0 aliphatic carbocycles. The van der Waals surface area contributed by atoms with Crippen molar-refractivity contribution in [2.45, 2.75) is 13.1 Å². The second-order valence-corrected chi connectivity index (χ2v) is 6.94. The molecular formula is C15H10F3N3OS2. The number of hydrogen-bond donors (Lipinski definition) is 1. The van der Waals surface area contributed by atoms with E-state index in [2.05, 4.69) is 15.3 Å². The monoisotopic (exact) mass is 369 g/mol. The Bertz CT molecular complexity index is 886. The van der Waals surface area contributed by atoms with Gasteiger partial charge in [0.25, 0.3) is 5.91 Å². The van der Waals surface area contributed by atoms with Crippen LogP contribution in [0.25, 0.3) is 10.6 Å². The van der Waals surface area contributed by atoms with Crippen molar-refractivity contribution in [1.82, 2.24) is 9.97 Å². The van der Waals surface area contributed by atoms with E-state index in [9.17, 15) is 18.0 Å². The fourth-order valence-electron chi connectivity index (χ4n) is 1.91. The second kappa shape index (κ2) is 6.33. The number of hydrogen-bond acceptors (Lipinski definition) is 5. The lowest BCUT2D eigenvalue weighted by molar-refractivity contribution is -0.137. The molecule has 1 N–H and O–H groups in total. The maximum Gasteiger partial charge on any atom is 0.416 e. The van der Waals surface area contributed by atoms with Crippen LogP contribution in [0.15, 0.2) is 35.8 Å². The van der Waals surface area contributed by atoms with Gasteiger partial charge in [0.2, 0.25) is 0 Å². The Morgan fingerprint density at radius 1 is 1.29 bits per heavy atom. The van der Waals surface area contributed by atoms with Gasteiger partial charge in [0, 0.05) is 22.0 Å². The van der Waals surface area contributed by atoms with E-state index in [0.717, 1.165) is 28.3 Å². The normalized spacial score (nSPS) is 11.5. The molecule has 0 spiro atoms. The number of carbonyl (C=O) groups is 1. The molecule has 0 saturated heterocycles. The molecule has 3 rings (SSSR count). The Hall–Kier alpha value is -2.26. The number of aryl methyl sites for hydroxylation is 1. The van der Waals surface area contributed by atoms with E-state index in [1.54, 1.807) is 6.20 Å². The molecular weight excluding hydrogens is 359 g/mol. The fraction of sp³-hybridized carbons (Fsp3) is 0.133. The Balaban J connectivity index is 1.81. The molecule has 0 atom stereocenters. The number of nitrogens with one attached hydrogen (secondary N) is 1. The minimum atomic E-state index is -4.42. The average molecular weight is 369 g/mol. The molecule has 9 heteroatoms. The van der Waals surface area contributed by atoms with Gasteiger partial charge in [-0.25, -0.2) is 9.97 Å². The van der Waals surface area contributed by atoms with Crippen LogP contribution in [0.4, 0.5) is 18.3 Å². The number of rotatable bonds is 3. The van der Waals surface area contributed by atoms with Crippen LogP contribution in [0.1, 0.15) is 20.9 Å². The predicted octanol–water partition coefficient (Wildman–Crippen LogP) is 4.85. The summed E-state index contributed by atoms with van der Waals surface area (Å²) in [5.74, 6) is -0.446. The van der Waals surface area contributed by atoms with E-state index < -0.39 is 17.6 Å². The summed E-state index contributed by atoms with van der Waals surface area (Å²) in [5.41, 5.74) is -0.293. The predicted molar refractivity (Wildman–Crippen MR) is 87.4 cm³/mol. The maximum atomic E-state index is 12.8. The van der Waals surface area contributed by atoms with Gasteiger partial charge in [-0.3, -0.25) is 10.1 Å². The third kappa shape index (κ3) is 3.62. The van der Waals surface area contributed by atoms with Crippen LogP contribution >= 0.6 is 22.7 Å². The molecule has 0 saturated carbocycles. The van der Waals surface area contributed by atoms with Gasteiger partial charge in [0.15, 0.2) is 5.13 Å². The summed E-state index contributed by atoms with van der Waals surface area (Å²) >= 11 is 2.44. The first-order chi connectivity index (χ1) is 11.3. The number of anilines is 1. The first-order valence-corrected chi connectivity index (χ1v) is 8.39. The molecule has 1 aromatic carbocycles. The van der Waals surface area contributed by atoms with E-state index >= 15 is 0 Å². The van der Waals surface area contributed by atoms with E-state index in [0.29, 0.717) is 15.7 Å². The number of amides is 1. The van der Waals surface area contributed by atoms with E-state index in [-0.39, 0.29) is 5.69 Å². The Labute approximate surface area is 143 Å². The van der Waals surface area contributed by atoms with Crippen LogP contribution < -0.4 is 5.32 Å². The van der Waals surface area contributed by atoms with Crippen molar-refractivity contribution < 1.29 is 18.0 Å². The molecule has 0 fully saturated rings. The average Bonchev–Trinajstić information content (AvgIpc) is 3.16. The zero-order valence-corrected chi connectivity index (χ0v) is 13.9. The van der Waals surface area contributed by atoms with Gasteiger partial charge in [-0.2, -0.15) is 13.2 Å². The van der Waals surface area contributed by atoms with Gasteiger partial charge in [-0.05, 0) is 19.1 Å². The van der Waals surface area contributed by atoms with Crippen molar-refractivity contribution in [2.75, 3.05) is 5.32 Å². The molecule has 0 bridgehead atoms. The first-order valence-electron chi connectivity index (χ1n) is 6.70. The highest BCUT2D eigenvalue weighted by Crippen LogP contribution is 2.33. The molecule has 3 aromatic rings. The highest BCUT2D eigenvalue weighted by Gasteiger charge is 2.30. The molecule has 2 aromatic heterocycles. The molecule has 0 radical (unpaired) electrons. The quantitative estimate of drug-likeness (QED) is 0.718. The summed E-state index contributed by atoms with van der Waals surface area (Å²) in [4.78, 5) is 21.2. The minimum Gasteiger partial charge on any atom is -0.296 e. The smallest absolute Gasteiger partial charge is 0.296 e. The van der Waals surface area contributed by atoms with Crippen LogP contribution in [-0.4, -0.2) is 15.9 Å². The number of benzene rings is 1. The van der Waals surface area contributed by atoms with Crippen LogP contribution in [0.3, 0.4) is 0 Å². The molecule has 2 heterocycles. The SMILES string of the molecule is Cc1cnc(NC(=O)c2csc(-c3cccc(C(F)(F)F)c3)n2)s1. The Morgan fingerprint density at radius 3 is 2.75 bits per heavy atom. The van der Waals surface area contributed by atoms with Crippen molar-refractivity contribution in [2.24, 2.45) is 0 Å². The molecule has 24 heavy (non-hydrogen) atoms. The van der Waals surface area contributed by atoms with Gasteiger partial charge in [-0.1, -0.05) is 12.1 Å². The lowest BCUT2D eigenvalue weighted by atomic mass is 10.1. The number of alkyl halides is 3. The number of aromatic nitrogens is 2. The summed E-state index contributed by atoms with van der Waals surface area (Å²) in [6.07, 6.45) is -2.79. The van der Waals surface area contributed by atoms with Gasteiger partial charge < -0.3 is 0 Å². The first kappa shape index (κ1) is 16.6. The molecule has 1 amide bonds. The van der Waals surface area contributed by atoms with Gasteiger partial charge in [0.1, 0.15) is 10.7 Å². The summed E-state index contributed by atoms with van der Waals surface area (Å²) in [6.45, 7) is 1.86. The molecule has 4 nitrogen and oxygen atoms in total. The van der Waals surface area contributed by atoms with E-state index in [1.807, 2.05) is 6.92 Å². The standard InChI is InChI=1S/C15H10F3N3OS2/c1-8-6-19-14(24-8)21-12(22)11-7-23-13(20-11)9-3-2-4-10(5-9)15(16,17)18/h2-7H,1H3,(H,19,21,22). The summed E-state index contributed by atoms with van der Waals surface area (Å²) in [5, 5.41) is 4.92. The number of nitrogens with zero attached hydrogens (tertiary/aromatic N) is 2. The Morgan fingerprint density at radius 2 is 2.08 bits per heavy atom. The van der Waals surface area contributed by atoms with E-state index in [1.165, 1.54) is 28.8 Å². The van der Waals surface area contributed by atoms with Crippen LogP contribution in [0.2, 0.25) is 0 Å². The third-order valence-corrected chi connectivity index (χ3v) is 4.73. The summed E-state index contributed by atoms with van der Waals surface area (Å²) in [7, 11) is 0. The van der Waals surface area contributed by atoms with Crippen molar-refractivity contribution in [1.29, 1.82) is 0 Å². The van der Waals surface area contributed by atoms with Crippen LogP contribution in [-0.2, 0) is 6.18 Å². The topological polar surface area (TPSA) is 54.9 Å². The zero-order valence-electron chi connectivity index (χ0n) is 12.2. The highest BCUT2D eigenvalue weighted by molar-refractivity contribution is 7.15. The lowest BCUT2D eigenvalue weighted by Crippen LogP contribution is -2.11. The zero-order chi connectivity index (χ0) is 17.3. The molecule has 0 aliphatic heterocycles. The van der Waals surface area contributed by atoms with Crippen molar-refractivity contribution >= 4 is 33.7 Å². The van der Waals surface area contributed by atoms with Crippen LogP contribution in [0, 0.1) is 6.92 Å². The van der Waals surface area contributed by atoms with Crippen LogP contribution in [0.5, 0.6) is 0 Å². The fourth-order valence-corrected chi connectivity index (χ4v) is 3.37. The largest absolute Gasteiger partial charge is 0.416 e. The summed E-state index contributed by atoms with van der Waals surface area (Å²) in [6, 6.07) is 4.86. The molecule has 0 unspecified atom stereocenters.